The molecule has 2 aliphatic rings. The summed E-state index contributed by atoms with van der Waals surface area (Å²) in [5.41, 5.74) is -0.0280. The van der Waals surface area contributed by atoms with Crippen LogP contribution in [0.25, 0.3) is 0 Å². The number of hydrogen-bond acceptors (Lipinski definition) is 7. The predicted octanol–water partition coefficient (Wildman–Crippen LogP) is 2.89. The van der Waals surface area contributed by atoms with Crippen molar-refractivity contribution in [2.45, 2.75) is 71.1 Å². The molecule has 9 nitrogen and oxygen atoms in total. The number of esters is 1. The third kappa shape index (κ3) is 5.89. The molecule has 32 heavy (non-hydrogen) atoms. The zero-order chi connectivity index (χ0) is 23.7. The van der Waals surface area contributed by atoms with Gasteiger partial charge in [0.2, 0.25) is 0 Å². The molecule has 176 valence electrons. The molecule has 9 heteroatoms. The third-order valence-electron chi connectivity index (χ3n) is 5.83. The Bertz CT molecular complexity index is 893. The molecule has 0 bridgehead atoms. The Labute approximate surface area is 189 Å². The van der Waals surface area contributed by atoms with E-state index in [2.05, 4.69) is 15.6 Å². The number of ether oxygens (including phenoxy) is 2. The standard InChI is InChI=1S/C23H34N4O5/c1-14(15-7-8-15)25-19(28)16-12-24-17(20(29)31-6)11-18(16)27-10-9-23(5,13-27)26-21(30)32-22(2,3)4/h11-12,14-15H,7-10,13H2,1-6H3,(H,25,28)(H,26,30)/t14-,23-/m0/s1. The molecule has 1 aliphatic carbocycles. The summed E-state index contributed by atoms with van der Waals surface area (Å²) >= 11 is 0. The van der Waals surface area contributed by atoms with Crippen LogP contribution in [0.4, 0.5) is 10.5 Å². The van der Waals surface area contributed by atoms with Crippen LogP contribution in [0.15, 0.2) is 12.3 Å². The van der Waals surface area contributed by atoms with Crippen molar-refractivity contribution in [1.29, 1.82) is 0 Å². The van der Waals surface area contributed by atoms with Gasteiger partial charge in [0.05, 0.1) is 23.9 Å². The minimum Gasteiger partial charge on any atom is -0.464 e. The van der Waals surface area contributed by atoms with Crippen LogP contribution in [0.3, 0.4) is 0 Å². The Hall–Kier alpha value is -2.84. The van der Waals surface area contributed by atoms with Crippen LogP contribution in [0.5, 0.6) is 0 Å². The molecule has 1 aromatic heterocycles. The topological polar surface area (TPSA) is 110 Å². The molecular weight excluding hydrogens is 412 g/mol. The van der Waals surface area contributed by atoms with Crippen molar-refractivity contribution in [3.8, 4) is 0 Å². The second kappa shape index (κ2) is 8.96. The minimum atomic E-state index is -0.594. The van der Waals surface area contributed by atoms with Gasteiger partial charge >= 0.3 is 12.1 Å². The summed E-state index contributed by atoms with van der Waals surface area (Å²) in [5, 5.41) is 6.01. The number of nitrogens with one attached hydrogen (secondary N) is 2. The van der Waals surface area contributed by atoms with Gasteiger partial charge in [0.1, 0.15) is 11.3 Å². The highest BCUT2D eigenvalue weighted by molar-refractivity contribution is 6.01. The Morgan fingerprint density at radius 2 is 1.97 bits per heavy atom. The van der Waals surface area contributed by atoms with E-state index in [4.69, 9.17) is 9.47 Å². The highest BCUT2D eigenvalue weighted by Crippen LogP contribution is 2.33. The molecule has 1 saturated heterocycles. The van der Waals surface area contributed by atoms with E-state index in [9.17, 15) is 14.4 Å². The van der Waals surface area contributed by atoms with Crippen molar-refractivity contribution in [2.24, 2.45) is 5.92 Å². The lowest BCUT2D eigenvalue weighted by molar-refractivity contribution is 0.0472. The number of methoxy groups -OCH3 is 1. The summed E-state index contributed by atoms with van der Waals surface area (Å²) < 4.78 is 10.2. The molecule has 2 fully saturated rings. The van der Waals surface area contributed by atoms with Crippen molar-refractivity contribution < 1.29 is 23.9 Å². The molecule has 2 heterocycles. The number of hydrogen-bond donors (Lipinski definition) is 2. The normalized spacial score (nSPS) is 21.6. The number of anilines is 1. The zero-order valence-corrected chi connectivity index (χ0v) is 19.8. The molecule has 1 aliphatic heterocycles. The summed E-state index contributed by atoms with van der Waals surface area (Å²) in [4.78, 5) is 43.5. The number of alkyl carbamates (subject to hydrolysis) is 1. The summed E-state index contributed by atoms with van der Waals surface area (Å²) in [6.45, 7) is 10.4. The van der Waals surface area contributed by atoms with Crippen molar-refractivity contribution in [3.05, 3.63) is 23.5 Å². The highest BCUT2D eigenvalue weighted by Gasteiger charge is 2.38. The van der Waals surface area contributed by atoms with E-state index in [1.54, 1.807) is 6.07 Å². The maximum Gasteiger partial charge on any atom is 0.408 e. The Kier molecular flexibility index (Phi) is 6.67. The molecule has 0 unspecified atom stereocenters. The SMILES string of the molecule is COC(=O)c1cc(N2CC[C@](C)(NC(=O)OC(C)(C)C)C2)c(C(=O)N[C@@H](C)C2CC2)cn1. The van der Waals surface area contributed by atoms with E-state index < -0.39 is 23.2 Å². The van der Waals surface area contributed by atoms with Crippen LogP contribution in [0, 0.1) is 5.92 Å². The fourth-order valence-electron chi connectivity index (χ4n) is 3.91. The summed E-state index contributed by atoms with van der Waals surface area (Å²) in [6.07, 6.45) is 3.83. The van der Waals surface area contributed by atoms with E-state index in [-0.39, 0.29) is 17.6 Å². The molecule has 1 aromatic rings. The fraction of sp³-hybridized carbons (Fsp3) is 0.652. The van der Waals surface area contributed by atoms with Gasteiger partial charge in [-0.2, -0.15) is 0 Å². The van der Waals surface area contributed by atoms with E-state index >= 15 is 0 Å². The lowest BCUT2D eigenvalue weighted by Crippen LogP contribution is -2.49. The molecule has 2 amide bonds. The molecular formula is C23H34N4O5. The van der Waals surface area contributed by atoms with Gasteiger partial charge in [0, 0.05) is 25.3 Å². The maximum atomic E-state index is 13.0. The highest BCUT2D eigenvalue weighted by atomic mass is 16.6. The van der Waals surface area contributed by atoms with Gasteiger partial charge in [-0.25, -0.2) is 14.6 Å². The predicted molar refractivity (Wildman–Crippen MR) is 120 cm³/mol. The summed E-state index contributed by atoms with van der Waals surface area (Å²) in [7, 11) is 1.29. The van der Waals surface area contributed by atoms with Gasteiger partial charge in [-0.3, -0.25) is 4.79 Å². The Morgan fingerprint density at radius 1 is 1.28 bits per heavy atom. The zero-order valence-electron chi connectivity index (χ0n) is 19.8. The second-order valence-corrected chi connectivity index (χ2v) is 10.0. The molecule has 0 aromatic carbocycles. The van der Waals surface area contributed by atoms with E-state index in [1.807, 2.05) is 39.5 Å². The smallest absolute Gasteiger partial charge is 0.408 e. The van der Waals surface area contributed by atoms with Crippen molar-refractivity contribution in [3.63, 3.8) is 0 Å². The van der Waals surface area contributed by atoms with E-state index in [1.165, 1.54) is 13.3 Å². The van der Waals surface area contributed by atoms with Crippen LogP contribution < -0.4 is 15.5 Å². The number of pyridine rings is 1. The number of aromatic nitrogens is 1. The van der Waals surface area contributed by atoms with Crippen molar-refractivity contribution >= 4 is 23.7 Å². The minimum absolute atomic E-state index is 0.0771. The molecule has 2 atom stereocenters. The molecule has 3 rings (SSSR count). The average molecular weight is 447 g/mol. The van der Waals surface area contributed by atoms with E-state index in [0.29, 0.717) is 36.7 Å². The number of carbonyl (C=O) groups excluding carboxylic acids is 3. The maximum absolute atomic E-state index is 13.0. The Morgan fingerprint density at radius 3 is 2.56 bits per heavy atom. The largest absolute Gasteiger partial charge is 0.464 e. The van der Waals surface area contributed by atoms with Gasteiger partial charge in [0.25, 0.3) is 5.91 Å². The number of nitrogens with zero attached hydrogens (tertiary/aromatic N) is 2. The first-order valence-corrected chi connectivity index (χ1v) is 11.1. The van der Waals surface area contributed by atoms with Gasteiger partial charge in [0.15, 0.2) is 0 Å². The lowest BCUT2D eigenvalue weighted by atomic mass is 10.0. The van der Waals surface area contributed by atoms with Crippen LogP contribution in [0.2, 0.25) is 0 Å². The first-order valence-electron chi connectivity index (χ1n) is 11.1. The van der Waals surface area contributed by atoms with E-state index in [0.717, 1.165) is 12.8 Å². The molecule has 0 radical (unpaired) electrons. The van der Waals surface area contributed by atoms with Gasteiger partial charge in [-0.05, 0) is 65.9 Å². The second-order valence-electron chi connectivity index (χ2n) is 10.0. The monoisotopic (exact) mass is 446 g/mol. The van der Waals surface area contributed by atoms with Crippen LogP contribution >= 0.6 is 0 Å². The molecule has 2 N–H and O–H groups in total. The quantitative estimate of drug-likeness (QED) is 0.647. The van der Waals surface area contributed by atoms with Gasteiger partial charge in [-0.1, -0.05) is 0 Å². The van der Waals surface area contributed by atoms with Gasteiger partial charge in [-0.15, -0.1) is 0 Å². The lowest BCUT2D eigenvalue weighted by Gasteiger charge is -2.29. The molecule has 1 saturated carbocycles. The first kappa shape index (κ1) is 23.8. The Balaban J connectivity index is 1.82. The summed E-state index contributed by atoms with van der Waals surface area (Å²) in [6, 6.07) is 1.66. The number of amides is 2. The van der Waals surface area contributed by atoms with Gasteiger partial charge < -0.3 is 25.0 Å². The van der Waals surface area contributed by atoms with Crippen molar-refractivity contribution in [2.75, 3.05) is 25.1 Å². The number of carbonyl (C=O) groups is 3. The third-order valence-corrected chi connectivity index (χ3v) is 5.83. The van der Waals surface area contributed by atoms with Crippen molar-refractivity contribution in [1.82, 2.24) is 15.6 Å². The average Bonchev–Trinajstić information content (AvgIpc) is 3.48. The fourth-order valence-corrected chi connectivity index (χ4v) is 3.91. The van der Waals surface area contributed by atoms with Crippen LogP contribution in [-0.4, -0.2) is 60.3 Å². The first-order chi connectivity index (χ1) is 14.9. The van der Waals surface area contributed by atoms with Crippen LogP contribution in [0.1, 0.15) is 74.7 Å². The summed E-state index contributed by atoms with van der Waals surface area (Å²) in [5.74, 6) is -0.284. The molecule has 0 spiro atoms. The number of rotatable bonds is 6. The van der Waals surface area contributed by atoms with Crippen LogP contribution in [-0.2, 0) is 9.47 Å².